The van der Waals surface area contributed by atoms with Gasteiger partial charge in [0.1, 0.15) is 0 Å². The van der Waals surface area contributed by atoms with Crippen LogP contribution in [0.2, 0.25) is 0 Å². The van der Waals surface area contributed by atoms with Crippen molar-refractivity contribution in [2.45, 2.75) is 13.8 Å². The quantitative estimate of drug-likeness (QED) is 0.464. The van der Waals surface area contributed by atoms with Gasteiger partial charge in [0.05, 0.1) is 5.69 Å². The van der Waals surface area contributed by atoms with Gasteiger partial charge in [-0.15, -0.1) is 0 Å². The van der Waals surface area contributed by atoms with Crippen LogP contribution in [0.1, 0.15) is 11.4 Å². The molecule has 0 atom stereocenters. The molecule has 0 fully saturated rings. The molecule has 0 aliphatic carbocycles. The van der Waals surface area contributed by atoms with E-state index in [1.807, 2.05) is 0 Å². The molecule has 0 N–H and O–H groups in total. The first-order valence-electron chi connectivity index (χ1n) is 2.50. The molecule has 0 spiro atoms. The minimum absolute atomic E-state index is 1.40. The van der Waals surface area contributed by atoms with Crippen molar-refractivity contribution in [3.63, 3.8) is 0 Å². The van der Waals surface area contributed by atoms with Crippen LogP contribution in [0, 0.1) is 13.8 Å². The summed E-state index contributed by atoms with van der Waals surface area (Å²) in [5.74, 6) is 0. The first kappa shape index (κ1) is 3.30. The van der Waals surface area contributed by atoms with Crippen molar-refractivity contribution in [1.29, 1.82) is 0 Å². The molecule has 36 valence electrons. The van der Waals surface area contributed by atoms with Gasteiger partial charge in [0.15, 0.2) is 0 Å². The molecule has 0 aromatic rings. The summed E-state index contributed by atoms with van der Waals surface area (Å²) in [6.45, 7) is 4.27. The van der Waals surface area contributed by atoms with E-state index in [0.717, 1.165) is 0 Å². The Morgan fingerprint density at radius 3 is 2.14 bits per heavy atom. The van der Waals surface area contributed by atoms with Crippen LogP contribution in [-0.2, 0) is 0 Å². The van der Waals surface area contributed by atoms with Gasteiger partial charge in [0, 0.05) is 11.4 Å². The van der Waals surface area contributed by atoms with E-state index in [-0.39, 0.29) is 0 Å². The summed E-state index contributed by atoms with van der Waals surface area (Å²) in [4.78, 5) is 0. The predicted octanol–water partition coefficient (Wildman–Crippen LogP) is 1.41. The van der Waals surface area contributed by atoms with E-state index < -0.39 is 0 Å². The van der Waals surface area contributed by atoms with Crippen molar-refractivity contribution < 1.29 is 0 Å². The molecule has 1 nitrogen and oxygen atoms in total. The molecule has 0 radical (unpaired) electrons. The number of aryl methyl sites for hydroxylation is 2. The normalized spacial score (nSPS) is 12.3. The largest absolute Gasteiger partial charge is 0.315 e. The number of aromatic nitrogens is 1. The van der Waals surface area contributed by atoms with Crippen molar-refractivity contribution >= 4 is 0 Å². The van der Waals surface area contributed by atoms with E-state index in [1.165, 1.54) is 17.1 Å². The van der Waals surface area contributed by atoms with Crippen molar-refractivity contribution in [3.05, 3.63) is 17.5 Å². The van der Waals surface area contributed by atoms with Gasteiger partial charge in [-0.3, -0.25) is 0 Å². The van der Waals surface area contributed by atoms with Gasteiger partial charge >= 0.3 is 0 Å². The molecular formula is C6H7N. The Kier molecular flexibility index (Phi) is 0.303. The fourth-order valence-corrected chi connectivity index (χ4v) is 1.09. The SMILES string of the molecule is Cc1cc2c(C)n1-2. The highest BCUT2D eigenvalue weighted by Gasteiger charge is 2.23. The molecule has 0 bridgehead atoms. The summed E-state index contributed by atoms with van der Waals surface area (Å²) >= 11 is 0. The van der Waals surface area contributed by atoms with Crippen LogP contribution in [0.4, 0.5) is 0 Å². The average molecular weight is 93.1 g/mol. The lowest BCUT2D eigenvalue weighted by molar-refractivity contribution is 1.07. The van der Waals surface area contributed by atoms with Gasteiger partial charge in [-0.1, -0.05) is 0 Å². The second-order valence-corrected chi connectivity index (χ2v) is 2.09. The Balaban J connectivity index is 2.71. The molecule has 2 heterocycles. The van der Waals surface area contributed by atoms with Crippen molar-refractivity contribution in [2.24, 2.45) is 0 Å². The fraction of sp³-hybridized carbons (Fsp3) is 0.333. The summed E-state index contributed by atoms with van der Waals surface area (Å²) in [6.07, 6.45) is 0. The third-order valence-corrected chi connectivity index (χ3v) is 1.60. The molecule has 7 heavy (non-hydrogen) atoms. The van der Waals surface area contributed by atoms with Gasteiger partial charge in [-0.25, -0.2) is 0 Å². The van der Waals surface area contributed by atoms with E-state index in [2.05, 4.69) is 24.5 Å². The molecule has 0 unspecified atom stereocenters. The highest BCUT2D eigenvalue weighted by molar-refractivity contribution is 5.59. The lowest BCUT2D eigenvalue weighted by atomic mass is 10.4. The van der Waals surface area contributed by atoms with Crippen LogP contribution in [-0.4, -0.2) is 4.57 Å². The molecule has 0 aromatic heterocycles. The standard InChI is InChI=1S/C6H7N/c1-4-3-6-5(2)7(4)6/h3H,1-2H3. The highest BCUT2D eigenvalue weighted by Crippen LogP contribution is 2.34. The lowest BCUT2D eigenvalue weighted by Crippen LogP contribution is -1.85. The summed E-state index contributed by atoms with van der Waals surface area (Å²) in [7, 11) is 0. The van der Waals surface area contributed by atoms with E-state index in [9.17, 15) is 0 Å². The van der Waals surface area contributed by atoms with Crippen LogP contribution in [0.3, 0.4) is 0 Å². The Morgan fingerprint density at radius 2 is 2.14 bits per heavy atom. The van der Waals surface area contributed by atoms with Gasteiger partial charge in [-0.2, -0.15) is 0 Å². The minimum atomic E-state index is 1.40. The second-order valence-electron chi connectivity index (χ2n) is 2.09. The maximum atomic E-state index is 2.25. The van der Waals surface area contributed by atoms with Crippen molar-refractivity contribution in [2.75, 3.05) is 0 Å². The molecular weight excluding hydrogens is 86.1 g/mol. The minimum Gasteiger partial charge on any atom is -0.315 e. The second kappa shape index (κ2) is 0.641. The number of nitrogens with zero attached hydrogens (tertiary/aromatic N) is 1. The molecule has 1 heteroatoms. The van der Waals surface area contributed by atoms with E-state index in [1.54, 1.807) is 0 Å². The van der Waals surface area contributed by atoms with Crippen molar-refractivity contribution in [3.8, 4) is 5.69 Å². The first-order chi connectivity index (χ1) is 3.30. The van der Waals surface area contributed by atoms with Crippen LogP contribution in [0.25, 0.3) is 5.69 Å². The molecule has 0 saturated carbocycles. The van der Waals surface area contributed by atoms with Crippen LogP contribution in [0.5, 0.6) is 0 Å². The Morgan fingerprint density at radius 1 is 1.43 bits per heavy atom. The fourth-order valence-electron chi connectivity index (χ4n) is 1.09. The molecule has 0 aromatic carbocycles. The number of fused-ring (bicyclic) bond motifs is 1. The summed E-state index contributed by atoms with van der Waals surface area (Å²) in [6, 6.07) is 2.20. The lowest BCUT2D eigenvalue weighted by Gasteiger charge is -1.95. The van der Waals surface area contributed by atoms with Gasteiger partial charge in [0.2, 0.25) is 0 Å². The topological polar surface area (TPSA) is 4.93 Å². The summed E-state index contributed by atoms with van der Waals surface area (Å²) in [5, 5.41) is 0. The van der Waals surface area contributed by atoms with Crippen LogP contribution < -0.4 is 0 Å². The number of rotatable bonds is 0. The number of hydrogen-bond acceptors (Lipinski definition) is 0. The highest BCUT2D eigenvalue weighted by atomic mass is 15.1. The van der Waals surface area contributed by atoms with Crippen molar-refractivity contribution in [1.82, 2.24) is 4.57 Å². The zero-order valence-electron chi connectivity index (χ0n) is 4.52. The molecule has 0 amide bonds. The third kappa shape index (κ3) is 0.190. The smallest absolute Gasteiger partial charge is 0.0669 e. The van der Waals surface area contributed by atoms with Crippen LogP contribution >= 0.6 is 0 Å². The molecule has 0 saturated heterocycles. The molecule has 2 rings (SSSR count). The molecule has 2 aliphatic rings. The summed E-state index contributed by atoms with van der Waals surface area (Å²) < 4.78 is 2.25. The Bertz CT molecular complexity index is 214. The van der Waals surface area contributed by atoms with Crippen LogP contribution in [0.15, 0.2) is 6.07 Å². The maximum Gasteiger partial charge on any atom is 0.0669 e. The molecule has 2 aliphatic heterocycles. The van der Waals surface area contributed by atoms with Gasteiger partial charge in [0.25, 0.3) is 0 Å². The maximum absolute atomic E-state index is 2.25. The van der Waals surface area contributed by atoms with E-state index in [0.29, 0.717) is 0 Å². The zero-order chi connectivity index (χ0) is 5.02. The Labute approximate surface area is 42.6 Å². The zero-order valence-corrected chi connectivity index (χ0v) is 4.52. The first-order valence-corrected chi connectivity index (χ1v) is 2.50. The van der Waals surface area contributed by atoms with Gasteiger partial charge in [-0.05, 0) is 19.9 Å². The average Bonchev–Trinajstić information content (AvgIpc) is 2.07. The Hall–Kier alpha value is -0.720. The van der Waals surface area contributed by atoms with E-state index in [4.69, 9.17) is 0 Å². The number of hydrogen-bond donors (Lipinski definition) is 0. The van der Waals surface area contributed by atoms with Gasteiger partial charge < -0.3 is 4.57 Å². The predicted molar refractivity (Wildman–Crippen MR) is 28.8 cm³/mol. The summed E-state index contributed by atoms with van der Waals surface area (Å²) in [5.41, 5.74) is 4.28. The monoisotopic (exact) mass is 93.1 g/mol. The third-order valence-electron chi connectivity index (χ3n) is 1.60. The van der Waals surface area contributed by atoms with E-state index >= 15 is 0 Å².